The van der Waals surface area contributed by atoms with E-state index in [0.717, 1.165) is 12.8 Å². The van der Waals surface area contributed by atoms with Gasteiger partial charge in [0.25, 0.3) is 0 Å². The molecule has 1 heterocycles. The lowest BCUT2D eigenvalue weighted by Gasteiger charge is -2.60. The van der Waals surface area contributed by atoms with Crippen molar-refractivity contribution in [1.29, 1.82) is 0 Å². The second-order valence-electron chi connectivity index (χ2n) is 10.3. The van der Waals surface area contributed by atoms with Gasteiger partial charge in [0.2, 0.25) is 5.75 Å². The molecule has 8 nitrogen and oxygen atoms in total. The number of nitrogens with zero attached hydrogens (tertiary/aromatic N) is 1. The fourth-order valence-corrected chi connectivity index (χ4v) is 6.64. The molecule has 5 atom stereocenters. The Morgan fingerprint density at radius 3 is 2.59 bits per heavy atom. The van der Waals surface area contributed by atoms with Crippen LogP contribution in [0.4, 0.5) is 5.69 Å². The summed E-state index contributed by atoms with van der Waals surface area (Å²) in [4.78, 5) is 22.6. The van der Waals surface area contributed by atoms with E-state index in [4.69, 9.17) is 18.9 Å². The average Bonchev–Trinajstić information content (AvgIpc) is 2.72. The minimum atomic E-state index is -0.781. The molecule has 0 bridgehead atoms. The Bertz CT molecular complexity index is 914. The number of nitro benzene ring substituents is 1. The van der Waals surface area contributed by atoms with Gasteiger partial charge in [-0.25, -0.2) is 0 Å². The number of fused-ring (bicyclic) bond motifs is 3. The topological polar surface area (TPSA) is 97.1 Å². The maximum atomic E-state index is 11.8. The van der Waals surface area contributed by atoms with E-state index >= 15 is 0 Å². The molecule has 2 saturated carbocycles. The molecule has 0 N–H and O–H groups in total. The molecule has 1 aromatic rings. The van der Waals surface area contributed by atoms with Crippen LogP contribution < -0.4 is 9.47 Å². The molecule has 3 fully saturated rings. The average molecular weight is 448 g/mol. The quantitative estimate of drug-likeness (QED) is 0.271. The largest absolute Gasteiger partial charge is 0.488 e. The summed E-state index contributed by atoms with van der Waals surface area (Å²) in [5, 5.41) is 11.4. The van der Waals surface area contributed by atoms with Crippen molar-refractivity contribution in [2.24, 2.45) is 22.7 Å². The van der Waals surface area contributed by atoms with E-state index in [2.05, 4.69) is 20.8 Å². The van der Waals surface area contributed by atoms with Crippen LogP contribution in [0.3, 0.4) is 0 Å². The monoisotopic (exact) mass is 447 g/mol. The number of ether oxygens (including phenoxy) is 4. The zero-order valence-corrected chi connectivity index (χ0v) is 19.5. The van der Waals surface area contributed by atoms with E-state index in [1.54, 1.807) is 0 Å². The third-order valence-electron chi connectivity index (χ3n) is 8.06. The molecule has 2 aliphatic carbocycles. The van der Waals surface area contributed by atoms with Crippen molar-refractivity contribution in [2.45, 2.75) is 72.2 Å². The van der Waals surface area contributed by atoms with Crippen molar-refractivity contribution in [3.63, 3.8) is 0 Å². The van der Waals surface area contributed by atoms with Crippen LogP contribution in [0.15, 0.2) is 12.1 Å². The molecule has 0 radical (unpaired) electrons. The Kier molecular flexibility index (Phi) is 5.96. The highest BCUT2D eigenvalue weighted by Gasteiger charge is 2.56. The minimum Gasteiger partial charge on any atom is -0.488 e. The lowest BCUT2D eigenvalue weighted by Crippen LogP contribution is -2.57. The number of nitro groups is 1. The number of carbonyl (C=O) groups excluding carboxylic acids is 1. The maximum absolute atomic E-state index is 11.8. The minimum absolute atomic E-state index is 0.0173. The van der Waals surface area contributed by atoms with E-state index in [1.165, 1.54) is 45.4 Å². The zero-order chi connectivity index (χ0) is 23.3. The molecule has 1 aliphatic heterocycles. The maximum Gasteiger partial charge on any atom is 0.314 e. The lowest BCUT2D eigenvalue weighted by molar-refractivity contribution is -0.385. The fourth-order valence-electron chi connectivity index (χ4n) is 6.64. The van der Waals surface area contributed by atoms with Gasteiger partial charge >= 0.3 is 11.7 Å². The van der Waals surface area contributed by atoms with Gasteiger partial charge in [-0.1, -0.05) is 27.2 Å². The number of esters is 1. The summed E-state index contributed by atoms with van der Waals surface area (Å²) in [7, 11) is 1.31. The predicted octanol–water partition coefficient (Wildman–Crippen LogP) is 5.19. The Balaban J connectivity index is 1.64. The summed E-state index contributed by atoms with van der Waals surface area (Å²) < 4.78 is 23.2. The molecule has 1 saturated heterocycles. The first-order valence-corrected chi connectivity index (χ1v) is 11.4. The van der Waals surface area contributed by atoms with Gasteiger partial charge < -0.3 is 18.9 Å². The number of rotatable bonds is 4. The van der Waals surface area contributed by atoms with Crippen LogP contribution in [0.25, 0.3) is 0 Å². The van der Waals surface area contributed by atoms with E-state index in [1.807, 2.05) is 0 Å². The Morgan fingerprint density at radius 1 is 1.19 bits per heavy atom. The van der Waals surface area contributed by atoms with E-state index in [-0.39, 0.29) is 34.6 Å². The second kappa shape index (κ2) is 8.30. The number of methoxy groups -OCH3 is 1. The SMILES string of the molecule is COc1c([N+](=O)[O-])ccc([C@@H]2OC[C@@H]3[C@H](CCC4C(C)(C)CCC[C@]43C)O2)c1OC(C)=O. The lowest BCUT2D eigenvalue weighted by atomic mass is 9.48. The van der Waals surface area contributed by atoms with Crippen LogP contribution in [-0.2, 0) is 14.3 Å². The molecule has 3 aliphatic rings. The van der Waals surface area contributed by atoms with Gasteiger partial charge in [-0.2, -0.15) is 0 Å². The van der Waals surface area contributed by atoms with Crippen molar-refractivity contribution in [3.8, 4) is 11.5 Å². The van der Waals surface area contributed by atoms with Crippen LogP contribution in [-0.4, -0.2) is 30.7 Å². The standard InChI is InChI=1S/C24H33NO7/c1-14(26)31-20-15(7-8-17(25(27)28)21(20)29-5)22-30-13-16-18(32-22)9-10-19-23(2,3)11-6-12-24(16,19)4/h7-8,16,18-19,22H,6,9-13H2,1-5H3/t16-,18+,19?,22-,24+/m1/s1. The van der Waals surface area contributed by atoms with Gasteiger partial charge in [-0.3, -0.25) is 14.9 Å². The van der Waals surface area contributed by atoms with E-state index in [9.17, 15) is 14.9 Å². The van der Waals surface area contributed by atoms with Crippen molar-refractivity contribution >= 4 is 11.7 Å². The fraction of sp³-hybridized carbons (Fsp3) is 0.708. The smallest absolute Gasteiger partial charge is 0.314 e. The molecular formula is C24H33NO7. The van der Waals surface area contributed by atoms with Crippen LogP contribution >= 0.6 is 0 Å². The Hall–Kier alpha value is -2.19. The first-order chi connectivity index (χ1) is 15.1. The molecule has 4 rings (SSSR count). The van der Waals surface area contributed by atoms with Gasteiger partial charge in [0.05, 0.1) is 30.3 Å². The van der Waals surface area contributed by atoms with Crippen LogP contribution in [0.1, 0.15) is 71.7 Å². The van der Waals surface area contributed by atoms with Gasteiger partial charge in [0.1, 0.15) is 0 Å². The molecular weight excluding hydrogens is 414 g/mol. The number of hydrogen-bond donors (Lipinski definition) is 0. The highest BCUT2D eigenvalue weighted by molar-refractivity contribution is 5.73. The summed E-state index contributed by atoms with van der Waals surface area (Å²) in [5.74, 6) is 0.188. The van der Waals surface area contributed by atoms with Crippen molar-refractivity contribution in [2.75, 3.05) is 13.7 Å². The van der Waals surface area contributed by atoms with Gasteiger partial charge in [0, 0.05) is 18.9 Å². The van der Waals surface area contributed by atoms with Crippen molar-refractivity contribution in [1.82, 2.24) is 0 Å². The zero-order valence-electron chi connectivity index (χ0n) is 19.5. The summed E-state index contributed by atoms with van der Waals surface area (Å²) in [6.45, 7) is 8.95. The third-order valence-corrected chi connectivity index (χ3v) is 8.06. The summed E-state index contributed by atoms with van der Waals surface area (Å²) in [6.07, 6.45) is 4.93. The highest BCUT2D eigenvalue weighted by atomic mass is 16.7. The highest BCUT2D eigenvalue weighted by Crippen LogP contribution is 2.61. The first-order valence-electron chi connectivity index (χ1n) is 11.4. The molecule has 0 spiro atoms. The Labute approximate surface area is 188 Å². The summed E-state index contributed by atoms with van der Waals surface area (Å²) >= 11 is 0. The second-order valence-corrected chi connectivity index (χ2v) is 10.3. The van der Waals surface area contributed by atoms with E-state index in [0.29, 0.717) is 23.5 Å². The summed E-state index contributed by atoms with van der Waals surface area (Å²) in [6, 6.07) is 2.86. The summed E-state index contributed by atoms with van der Waals surface area (Å²) in [5.41, 5.74) is 0.612. The van der Waals surface area contributed by atoms with Gasteiger partial charge in [0.15, 0.2) is 12.0 Å². The van der Waals surface area contributed by atoms with Crippen molar-refractivity contribution < 1.29 is 28.7 Å². The number of carbonyl (C=O) groups is 1. The molecule has 8 heteroatoms. The van der Waals surface area contributed by atoms with Crippen LogP contribution in [0, 0.1) is 32.8 Å². The van der Waals surface area contributed by atoms with Crippen molar-refractivity contribution in [3.05, 3.63) is 27.8 Å². The van der Waals surface area contributed by atoms with Crippen LogP contribution in [0.2, 0.25) is 0 Å². The molecule has 0 amide bonds. The number of benzene rings is 1. The molecule has 1 unspecified atom stereocenters. The number of hydrogen-bond acceptors (Lipinski definition) is 7. The third kappa shape index (κ3) is 3.77. The molecule has 32 heavy (non-hydrogen) atoms. The first kappa shape index (κ1) is 23.0. The predicted molar refractivity (Wildman–Crippen MR) is 116 cm³/mol. The Morgan fingerprint density at radius 2 is 1.94 bits per heavy atom. The van der Waals surface area contributed by atoms with Crippen LogP contribution in [0.5, 0.6) is 11.5 Å². The molecule has 1 aromatic carbocycles. The van der Waals surface area contributed by atoms with E-state index < -0.39 is 17.2 Å². The van der Waals surface area contributed by atoms with Gasteiger partial charge in [-0.05, 0) is 48.5 Å². The van der Waals surface area contributed by atoms with Gasteiger partial charge in [-0.15, -0.1) is 0 Å². The molecule has 176 valence electrons. The molecule has 0 aromatic heterocycles. The normalized spacial score (nSPS) is 33.5.